The first-order valence-electron chi connectivity index (χ1n) is 7.26. The van der Waals surface area contributed by atoms with Gasteiger partial charge in [0.1, 0.15) is 6.10 Å². The predicted molar refractivity (Wildman–Crippen MR) is 86.7 cm³/mol. The molecule has 1 amide bonds. The highest BCUT2D eigenvalue weighted by Gasteiger charge is 2.26. The highest BCUT2D eigenvalue weighted by Crippen LogP contribution is 2.23. The van der Waals surface area contributed by atoms with Gasteiger partial charge in [-0.1, -0.05) is 0 Å². The molecule has 0 bridgehead atoms. The van der Waals surface area contributed by atoms with Gasteiger partial charge in [-0.25, -0.2) is 0 Å². The lowest BCUT2D eigenvalue weighted by atomic mass is 10.1. The van der Waals surface area contributed by atoms with Crippen molar-refractivity contribution in [2.24, 2.45) is 0 Å². The summed E-state index contributed by atoms with van der Waals surface area (Å²) in [6, 6.07) is 5.64. The Morgan fingerprint density at radius 3 is 3.14 bits per heavy atom. The number of aromatic nitrogens is 1. The summed E-state index contributed by atoms with van der Waals surface area (Å²) in [5, 5.41) is 4.00. The standard InChI is InChI=1S/C16H19N3O2S/c1-11-6-13(17)8-14(18-11)15-9-19(3-4-21-15)16(20)7-12-2-5-22-10-12/h2,5-6,8,10,15H,3-4,7,9H2,1H3,(H2,17,18)/t15-/m1/s1. The van der Waals surface area contributed by atoms with Gasteiger partial charge in [-0.3, -0.25) is 9.78 Å². The lowest BCUT2D eigenvalue weighted by Crippen LogP contribution is -2.43. The van der Waals surface area contributed by atoms with Crippen LogP contribution in [0.1, 0.15) is 23.1 Å². The molecule has 1 aliphatic heterocycles. The molecule has 3 rings (SSSR count). The van der Waals surface area contributed by atoms with E-state index < -0.39 is 0 Å². The van der Waals surface area contributed by atoms with E-state index >= 15 is 0 Å². The maximum atomic E-state index is 12.4. The molecule has 0 aliphatic carbocycles. The zero-order valence-electron chi connectivity index (χ0n) is 12.5. The number of hydrogen-bond acceptors (Lipinski definition) is 5. The van der Waals surface area contributed by atoms with Crippen LogP contribution in [-0.4, -0.2) is 35.5 Å². The van der Waals surface area contributed by atoms with Crippen LogP contribution in [0, 0.1) is 6.92 Å². The minimum atomic E-state index is -0.206. The van der Waals surface area contributed by atoms with E-state index in [1.54, 1.807) is 11.3 Å². The van der Waals surface area contributed by atoms with E-state index in [1.165, 1.54) is 0 Å². The van der Waals surface area contributed by atoms with Crippen LogP contribution in [-0.2, 0) is 16.0 Å². The summed E-state index contributed by atoms with van der Waals surface area (Å²) in [4.78, 5) is 18.7. The molecule has 3 heterocycles. The van der Waals surface area contributed by atoms with Gasteiger partial charge in [-0.15, -0.1) is 0 Å². The maximum absolute atomic E-state index is 12.4. The highest BCUT2D eigenvalue weighted by molar-refractivity contribution is 7.07. The molecular formula is C16H19N3O2S. The first-order chi connectivity index (χ1) is 10.6. The lowest BCUT2D eigenvalue weighted by molar-refractivity contribution is -0.138. The second-order valence-corrected chi connectivity index (χ2v) is 6.25. The van der Waals surface area contributed by atoms with Crippen molar-refractivity contribution in [1.82, 2.24) is 9.88 Å². The molecule has 0 radical (unpaired) electrons. The van der Waals surface area contributed by atoms with Gasteiger partial charge >= 0.3 is 0 Å². The quantitative estimate of drug-likeness (QED) is 0.942. The number of pyridine rings is 1. The molecule has 2 aromatic rings. The number of rotatable bonds is 3. The maximum Gasteiger partial charge on any atom is 0.227 e. The highest BCUT2D eigenvalue weighted by atomic mass is 32.1. The Morgan fingerprint density at radius 1 is 1.55 bits per heavy atom. The van der Waals surface area contributed by atoms with E-state index in [2.05, 4.69) is 4.98 Å². The van der Waals surface area contributed by atoms with Crippen LogP contribution in [0.3, 0.4) is 0 Å². The Hall–Kier alpha value is -1.92. The minimum absolute atomic E-state index is 0.132. The van der Waals surface area contributed by atoms with Crippen LogP contribution in [0.4, 0.5) is 5.69 Å². The summed E-state index contributed by atoms with van der Waals surface area (Å²) in [6.45, 7) is 3.58. The molecular weight excluding hydrogens is 298 g/mol. The van der Waals surface area contributed by atoms with Crippen LogP contribution in [0.25, 0.3) is 0 Å². The third-order valence-electron chi connectivity index (χ3n) is 3.68. The third kappa shape index (κ3) is 3.45. The summed E-state index contributed by atoms with van der Waals surface area (Å²) >= 11 is 1.61. The normalized spacial score (nSPS) is 18.4. The molecule has 5 nitrogen and oxygen atoms in total. The first-order valence-corrected chi connectivity index (χ1v) is 8.20. The molecule has 0 saturated carbocycles. The SMILES string of the molecule is Cc1cc(N)cc([C@H]2CN(C(=O)Cc3ccsc3)CCO2)n1. The molecule has 22 heavy (non-hydrogen) atoms. The van der Waals surface area contributed by atoms with Crippen molar-refractivity contribution in [2.45, 2.75) is 19.4 Å². The Balaban J connectivity index is 1.69. The van der Waals surface area contributed by atoms with Crippen molar-refractivity contribution < 1.29 is 9.53 Å². The summed E-state index contributed by atoms with van der Waals surface area (Å²) in [5.41, 5.74) is 9.27. The summed E-state index contributed by atoms with van der Waals surface area (Å²) in [5.74, 6) is 0.132. The second kappa shape index (κ2) is 6.46. The Bertz CT molecular complexity index is 637. The number of thiophene rings is 1. The summed E-state index contributed by atoms with van der Waals surface area (Å²) in [6.07, 6.45) is 0.238. The van der Waals surface area contributed by atoms with Gasteiger partial charge in [0.2, 0.25) is 5.91 Å². The molecule has 0 spiro atoms. The predicted octanol–water partition coefficient (Wildman–Crippen LogP) is 2.18. The minimum Gasteiger partial charge on any atom is -0.399 e. The number of ether oxygens (including phenoxy) is 1. The Morgan fingerprint density at radius 2 is 2.41 bits per heavy atom. The fourth-order valence-electron chi connectivity index (χ4n) is 2.62. The average Bonchev–Trinajstić information content (AvgIpc) is 2.99. The second-order valence-electron chi connectivity index (χ2n) is 5.47. The molecule has 2 aromatic heterocycles. The van der Waals surface area contributed by atoms with Crippen molar-refractivity contribution >= 4 is 22.9 Å². The van der Waals surface area contributed by atoms with Crippen molar-refractivity contribution in [3.63, 3.8) is 0 Å². The molecule has 2 N–H and O–H groups in total. The molecule has 1 aliphatic rings. The van der Waals surface area contributed by atoms with E-state index in [1.807, 2.05) is 40.8 Å². The first kappa shape index (κ1) is 15.0. The van der Waals surface area contributed by atoms with Crippen molar-refractivity contribution in [3.05, 3.63) is 45.9 Å². The van der Waals surface area contributed by atoms with Gasteiger partial charge in [0.15, 0.2) is 0 Å². The lowest BCUT2D eigenvalue weighted by Gasteiger charge is -2.33. The molecule has 116 valence electrons. The number of carbonyl (C=O) groups excluding carboxylic acids is 1. The zero-order chi connectivity index (χ0) is 15.5. The third-order valence-corrected chi connectivity index (χ3v) is 4.41. The molecule has 1 saturated heterocycles. The zero-order valence-corrected chi connectivity index (χ0v) is 13.3. The van der Waals surface area contributed by atoms with Crippen molar-refractivity contribution in [2.75, 3.05) is 25.4 Å². The summed E-state index contributed by atoms with van der Waals surface area (Å²) in [7, 11) is 0. The summed E-state index contributed by atoms with van der Waals surface area (Å²) < 4.78 is 5.78. The monoisotopic (exact) mass is 317 g/mol. The molecule has 6 heteroatoms. The van der Waals surface area contributed by atoms with Gasteiger partial charge in [0.05, 0.1) is 25.3 Å². The number of anilines is 1. The van der Waals surface area contributed by atoms with Crippen LogP contribution in [0.5, 0.6) is 0 Å². The molecule has 1 fully saturated rings. The van der Waals surface area contributed by atoms with Crippen LogP contribution in [0.15, 0.2) is 29.0 Å². The number of aryl methyl sites for hydroxylation is 1. The van der Waals surface area contributed by atoms with Crippen LogP contribution < -0.4 is 5.73 Å². The number of nitrogens with two attached hydrogens (primary N) is 1. The number of carbonyl (C=O) groups is 1. The number of nitrogen functional groups attached to an aromatic ring is 1. The van der Waals surface area contributed by atoms with E-state index in [-0.39, 0.29) is 12.0 Å². The number of nitrogens with zero attached hydrogens (tertiary/aromatic N) is 2. The fraction of sp³-hybridized carbons (Fsp3) is 0.375. The number of morpholine rings is 1. The smallest absolute Gasteiger partial charge is 0.227 e. The van der Waals surface area contributed by atoms with E-state index in [0.29, 0.717) is 31.8 Å². The molecule has 0 unspecified atom stereocenters. The van der Waals surface area contributed by atoms with E-state index in [9.17, 15) is 4.79 Å². The van der Waals surface area contributed by atoms with Gasteiger partial charge < -0.3 is 15.4 Å². The Kier molecular flexibility index (Phi) is 4.40. The Labute approximate surface area is 133 Å². The van der Waals surface area contributed by atoms with Gasteiger partial charge in [0, 0.05) is 17.9 Å². The van der Waals surface area contributed by atoms with E-state index in [0.717, 1.165) is 17.0 Å². The average molecular weight is 317 g/mol. The van der Waals surface area contributed by atoms with E-state index in [4.69, 9.17) is 10.5 Å². The molecule has 0 aromatic carbocycles. The van der Waals surface area contributed by atoms with Crippen LogP contribution in [0.2, 0.25) is 0 Å². The molecule has 1 atom stereocenters. The van der Waals surface area contributed by atoms with Gasteiger partial charge in [-0.05, 0) is 41.4 Å². The topological polar surface area (TPSA) is 68.5 Å². The number of hydrogen-bond donors (Lipinski definition) is 1. The largest absolute Gasteiger partial charge is 0.399 e. The van der Waals surface area contributed by atoms with Crippen molar-refractivity contribution in [3.8, 4) is 0 Å². The fourth-order valence-corrected chi connectivity index (χ4v) is 3.29. The van der Waals surface area contributed by atoms with Gasteiger partial charge in [0.25, 0.3) is 0 Å². The van der Waals surface area contributed by atoms with Crippen LogP contribution >= 0.6 is 11.3 Å². The van der Waals surface area contributed by atoms with Gasteiger partial charge in [-0.2, -0.15) is 11.3 Å². The number of amides is 1. The van der Waals surface area contributed by atoms with Crippen molar-refractivity contribution in [1.29, 1.82) is 0 Å².